The number of nitrogens with zero attached hydrogens (tertiary/aromatic N) is 3. The zero-order valence-corrected chi connectivity index (χ0v) is 15.4. The molecule has 1 unspecified atom stereocenters. The number of rotatable bonds is 3. The minimum absolute atomic E-state index is 0.101. The van der Waals surface area contributed by atoms with Crippen LogP contribution in [0, 0.1) is 5.92 Å². The third-order valence-electron chi connectivity index (χ3n) is 5.55. The fraction of sp³-hybridized carbons (Fsp3) is 0.500. The third-order valence-corrected chi connectivity index (χ3v) is 5.55. The topological polar surface area (TPSA) is 47.4 Å². The molecule has 1 amide bonds. The molecule has 1 atom stereocenters. The van der Waals surface area contributed by atoms with Crippen LogP contribution >= 0.6 is 0 Å². The molecular weight excluding hydrogens is 371 g/mol. The van der Waals surface area contributed by atoms with Gasteiger partial charge in [-0.15, -0.1) is 0 Å². The van der Waals surface area contributed by atoms with E-state index in [2.05, 4.69) is 5.10 Å². The number of amides is 1. The fourth-order valence-electron chi connectivity index (χ4n) is 4.03. The lowest BCUT2D eigenvalue weighted by atomic mass is 9.89. The van der Waals surface area contributed by atoms with Crippen molar-refractivity contribution in [2.45, 2.75) is 38.0 Å². The quantitative estimate of drug-likeness (QED) is 0.794. The summed E-state index contributed by atoms with van der Waals surface area (Å²) >= 11 is 0. The number of hydrogen-bond donors (Lipinski definition) is 0. The van der Waals surface area contributed by atoms with Crippen molar-refractivity contribution in [1.82, 2.24) is 14.7 Å². The van der Waals surface area contributed by atoms with Crippen molar-refractivity contribution in [3.63, 3.8) is 0 Å². The Morgan fingerprint density at radius 2 is 1.93 bits per heavy atom. The maximum absolute atomic E-state index is 12.9. The van der Waals surface area contributed by atoms with E-state index in [4.69, 9.17) is 4.74 Å². The molecule has 0 aliphatic carbocycles. The summed E-state index contributed by atoms with van der Waals surface area (Å²) in [6.45, 7) is 2.18. The number of carbonyl (C=O) groups excluding carboxylic acids is 1. The molecule has 150 valence electrons. The summed E-state index contributed by atoms with van der Waals surface area (Å²) in [6.07, 6.45) is 1.13. The molecule has 2 aliphatic rings. The molecule has 0 spiro atoms. The molecule has 1 aromatic heterocycles. The number of halogens is 3. The summed E-state index contributed by atoms with van der Waals surface area (Å²) in [5.41, 5.74) is -0.0758. The summed E-state index contributed by atoms with van der Waals surface area (Å²) in [5.74, 6) is 0.401. The van der Waals surface area contributed by atoms with Gasteiger partial charge in [0, 0.05) is 31.5 Å². The van der Waals surface area contributed by atoms with Crippen molar-refractivity contribution < 1.29 is 22.7 Å². The van der Waals surface area contributed by atoms with E-state index in [1.165, 1.54) is 6.20 Å². The number of piperidine rings is 1. The van der Waals surface area contributed by atoms with Gasteiger partial charge in [-0.05, 0) is 55.9 Å². The van der Waals surface area contributed by atoms with Crippen molar-refractivity contribution in [1.29, 1.82) is 0 Å². The lowest BCUT2D eigenvalue weighted by Crippen LogP contribution is -2.41. The first kappa shape index (κ1) is 19.0. The van der Waals surface area contributed by atoms with Gasteiger partial charge in [-0.3, -0.25) is 4.79 Å². The Labute approximate surface area is 161 Å². The van der Waals surface area contributed by atoms with E-state index in [0.717, 1.165) is 43.0 Å². The predicted molar refractivity (Wildman–Crippen MR) is 96.2 cm³/mol. The Morgan fingerprint density at radius 3 is 2.57 bits per heavy atom. The van der Waals surface area contributed by atoms with Gasteiger partial charge in [0.15, 0.2) is 5.69 Å². The zero-order valence-electron chi connectivity index (χ0n) is 15.4. The lowest BCUT2D eigenvalue weighted by molar-refractivity contribution is -0.141. The maximum Gasteiger partial charge on any atom is 0.435 e. The highest BCUT2D eigenvalue weighted by molar-refractivity contribution is 5.94. The molecule has 0 bridgehead atoms. The van der Waals surface area contributed by atoms with Crippen LogP contribution < -0.4 is 0 Å². The monoisotopic (exact) mass is 393 g/mol. The summed E-state index contributed by atoms with van der Waals surface area (Å²) in [7, 11) is 0. The average molecular weight is 393 g/mol. The average Bonchev–Trinajstić information content (AvgIpc) is 3.39. The van der Waals surface area contributed by atoms with E-state index in [0.29, 0.717) is 36.4 Å². The van der Waals surface area contributed by atoms with Crippen LogP contribution in [0.1, 0.15) is 41.7 Å². The first-order valence-electron chi connectivity index (χ1n) is 9.56. The molecule has 2 aromatic rings. The second kappa shape index (κ2) is 7.58. The highest BCUT2D eigenvalue weighted by Gasteiger charge is 2.34. The second-order valence-corrected chi connectivity index (χ2v) is 7.37. The van der Waals surface area contributed by atoms with E-state index in [1.54, 1.807) is 24.3 Å². The van der Waals surface area contributed by atoms with Gasteiger partial charge in [0.2, 0.25) is 0 Å². The Balaban J connectivity index is 1.44. The van der Waals surface area contributed by atoms with E-state index in [9.17, 15) is 18.0 Å². The van der Waals surface area contributed by atoms with Crippen LogP contribution in [0.4, 0.5) is 13.2 Å². The first-order valence-corrected chi connectivity index (χ1v) is 9.56. The number of likely N-dealkylation sites (tertiary alicyclic amines) is 1. The van der Waals surface area contributed by atoms with E-state index >= 15 is 0 Å². The van der Waals surface area contributed by atoms with Gasteiger partial charge in [-0.1, -0.05) is 6.07 Å². The van der Waals surface area contributed by atoms with Crippen molar-refractivity contribution in [2.24, 2.45) is 5.92 Å². The molecule has 0 N–H and O–H groups in total. The van der Waals surface area contributed by atoms with Crippen LogP contribution in [0.3, 0.4) is 0 Å². The van der Waals surface area contributed by atoms with Crippen molar-refractivity contribution in [2.75, 3.05) is 19.7 Å². The molecule has 4 rings (SSSR count). The van der Waals surface area contributed by atoms with Gasteiger partial charge in [0.1, 0.15) is 0 Å². The number of aromatic nitrogens is 2. The maximum atomic E-state index is 12.9. The number of hydrogen-bond acceptors (Lipinski definition) is 3. The van der Waals surface area contributed by atoms with Gasteiger partial charge in [0.25, 0.3) is 5.91 Å². The van der Waals surface area contributed by atoms with Gasteiger partial charge >= 0.3 is 6.18 Å². The minimum Gasteiger partial charge on any atom is -0.378 e. The smallest absolute Gasteiger partial charge is 0.378 e. The van der Waals surface area contributed by atoms with Crippen molar-refractivity contribution in [3.05, 3.63) is 47.8 Å². The SMILES string of the molecule is O=C(c1cccc(-n2ccc(C(F)(F)F)n2)c1)N1CCC(C2CCCO2)CC1. The van der Waals surface area contributed by atoms with E-state index in [1.807, 2.05) is 4.90 Å². The standard InChI is InChI=1S/C20H22F3N3O2/c21-20(22,23)18-8-11-26(24-18)16-4-1-3-15(13-16)19(27)25-9-6-14(7-10-25)17-5-2-12-28-17/h1,3-4,8,11,13-14,17H,2,5-7,9-10,12H2. The molecule has 0 radical (unpaired) electrons. The molecule has 2 fully saturated rings. The summed E-state index contributed by atoms with van der Waals surface area (Å²) < 4.78 is 45.2. The van der Waals surface area contributed by atoms with Crippen LogP contribution in [0.15, 0.2) is 36.5 Å². The zero-order chi connectivity index (χ0) is 19.7. The number of alkyl halides is 3. The first-order chi connectivity index (χ1) is 13.4. The lowest BCUT2D eigenvalue weighted by Gasteiger charge is -2.34. The molecule has 2 aliphatic heterocycles. The minimum atomic E-state index is -4.49. The molecule has 5 nitrogen and oxygen atoms in total. The summed E-state index contributed by atoms with van der Waals surface area (Å²) in [4.78, 5) is 14.7. The largest absolute Gasteiger partial charge is 0.435 e. The van der Waals surface area contributed by atoms with Gasteiger partial charge < -0.3 is 9.64 Å². The van der Waals surface area contributed by atoms with Crippen LogP contribution in [-0.2, 0) is 10.9 Å². The Kier molecular flexibility index (Phi) is 5.14. The molecule has 8 heteroatoms. The highest BCUT2D eigenvalue weighted by atomic mass is 19.4. The second-order valence-electron chi connectivity index (χ2n) is 7.37. The van der Waals surface area contributed by atoms with E-state index in [-0.39, 0.29) is 5.91 Å². The third kappa shape index (κ3) is 3.92. The van der Waals surface area contributed by atoms with Crippen molar-refractivity contribution in [3.8, 4) is 5.69 Å². The fourth-order valence-corrected chi connectivity index (χ4v) is 4.03. The molecule has 1 aromatic carbocycles. The van der Waals surface area contributed by atoms with E-state index < -0.39 is 11.9 Å². The van der Waals surface area contributed by atoms with Gasteiger partial charge in [-0.2, -0.15) is 18.3 Å². The number of ether oxygens (including phenoxy) is 1. The molecule has 2 saturated heterocycles. The van der Waals surface area contributed by atoms with Crippen molar-refractivity contribution >= 4 is 5.91 Å². The van der Waals surface area contributed by atoms with Crippen LogP contribution in [0.5, 0.6) is 0 Å². The molecule has 3 heterocycles. The molecular formula is C20H22F3N3O2. The molecule has 28 heavy (non-hydrogen) atoms. The van der Waals surface area contributed by atoms with Crippen LogP contribution in [-0.4, -0.2) is 46.4 Å². The number of carbonyl (C=O) groups is 1. The Hall–Kier alpha value is -2.35. The predicted octanol–water partition coefficient (Wildman–Crippen LogP) is 3.92. The Bertz CT molecular complexity index is 835. The summed E-state index contributed by atoms with van der Waals surface area (Å²) in [6, 6.07) is 7.49. The Morgan fingerprint density at radius 1 is 1.14 bits per heavy atom. The number of benzene rings is 1. The van der Waals surface area contributed by atoms with Gasteiger partial charge in [0.05, 0.1) is 11.8 Å². The van der Waals surface area contributed by atoms with Gasteiger partial charge in [-0.25, -0.2) is 4.68 Å². The highest BCUT2D eigenvalue weighted by Crippen LogP contribution is 2.30. The van der Waals surface area contributed by atoms with Crippen LogP contribution in [0.25, 0.3) is 5.69 Å². The molecule has 0 saturated carbocycles. The summed E-state index contributed by atoms with van der Waals surface area (Å²) in [5, 5.41) is 3.57. The van der Waals surface area contributed by atoms with Crippen LogP contribution in [0.2, 0.25) is 0 Å². The normalized spacial score (nSPS) is 21.2.